The number of carbonyl (C=O) groups excluding carboxylic acids is 1. The Morgan fingerprint density at radius 2 is 1.97 bits per heavy atom. The van der Waals surface area contributed by atoms with Crippen LogP contribution >= 0.6 is 11.3 Å². The van der Waals surface area contributed by atoms with Crippen LogP contribution in [0, 0.1) is 0 Å². The highest BCUT2D eigenvalue weighted by Gasteiger charge is 2.17. The summed E-state index contributed by atoms with van der Waals surface area (Å²) >= 11 is 1.66. The van der Waals surface area contributed by atoms with E-state index < -0.39 is 0 Å². The first kappa shape index (κ1) is 19.7. The van der Waals surface area contributed by atoms with Crippen molar-refractivity contribution >= 4 is 34.0 Å². The smallest absolute Gasteiger partial charge is 0.265 e. The van der Waals surface area contributed by atoms with E-state index in [1.54, 1.807) is 11.3 Å². The molecule has 1 aliphatic heterocycles. The van der Waals surface area contributed by atoms with E-state index in [1.807, 2.05) is 18.2 Å². The number of nitrogens with zero attached hydrogens (tertiary/aromatic N) is 2. The lowest BCUT2D eigenvalue weighted by molar-refractivity contribution is 0.0332. The van der Waals surface area contributed by atoms with Gasteiger partial charge in [0.15, 0.2) is 0 Å². The predicted octanol–water partition coefficient (Wildman–Crippen LogP) is 4.37. The van der Waals surface area contributed by atoms with E-state index >= 15 is 0 Å². The summed E-state index contributed by atoms with van der Waals surface area (Å²) in [4.78, 5) is 25.5. The molecule has 2 aromatic heterocycles. The number of aromatic amines is 1. The van der Waals surface area contributed by atoms with Crippen molar-refractivity contribution in [3.63, 3.8) is 0 Å². The number of nitrogens with one attached hydrogen (secondary N) is 2. The Bertz CT molecular complexity index is 1010. The monoisotopic (exact) mass is 424 g/mol. The van der Waals surface area contributed by atoms with Gasteiger partial charge >= 0.3 is 0 Å². The first-order valence-electron chi connectivity index (χ1n) is 11.0. The molecule has 1 saturated heterocycles. The van der Waals surface area contributed by atoms with Crippen molar-refractivity contribution in [2.24, 2.45) is 0 Å². The maximum Gasteiger partial charge on any atom is 0.265 e. The molecule has 1 amide bonds. The van der Waals surface area contributed by atoms with E-state index in [9.17, 15) is 4.79 Å². The summed E-state index contributed by atoms with van der Waals surface area (Å²) in [7, 11) is 0. The number of imidazole rings is 1. The maximum absolute atomic E-state index is 12.9. The van der Waals surface area contributed by atoms with Crippen LogP contribution in [0.3, 0.4) is 0 Å². The molecular weight excluding hydrogens is 396 g/mol. The molecule has 0 bridgehead atoms. The Kier molecular flexibility index (Phi) is 5.84. The Morgan fingerprint density at radius 1 is 1.13 bits per heavy atom. The normalized spacial score (nSPS) is 18.0. The van der Waals surface area contributed by atoms with Gasteiger partial charge in [0, 0.05) is 23.7 Å². The fourth-order valence-electron chi connectivity index (χ4n) is 4.33. The fourth-order valence-corrected chi connectivity index (χ4v) is 5.48. The molecule has 2 N–H and O–H groups in total. The predicted molar refractivity (Wildman–Crippen MR) is 120 cm³/mol. The number of amides is 1. The number of rotatable bonds is 4. The molecule has 5 rings (SSSR count). The van der Waals surface area contributed by atoms with E-state index in [1.165, 1.54) is 36.1 Å². The van der Waals surface area contributed by atoms with Gasteiger partial charge in [-0.2, -0.15) is 0 Å². The van der Waals surface area contributed by atoms with E-state index in [-0.39, 0.29) is 5.91 Å². The number of fused-ring (bicyclic) bond motifs is 2. The van der Waals surface area contributed by atoms with E-state index in [4.69, 9.17) is 9.72 Å². The van der Waals surface area contributed by atoms with E-state index in [0.29, 0.717) is 0 Å². The number of anilines is 1. The molecule has 7 heteroatoms. The van der Waals surface area contributed by atoms with Crippen molar-refractivity contribution in [2.75, 3.05) is 31.6 Å². The fraction of sp³-hybridized carbons (Fsp3) is 0.478. The molecule has 30 heavy (non-hydrogen) atoms. The number of aryl methyl sites for hydroxylation is 2. The molecule has 3 aromatic rings. The van der Waals surface area contributed by atoms with Gasteiger partial charge in [0.25, 0.3) is 5.91 Å². The van der Waals surface area contributed by atoms with Crippen molar-refractivity contribution in [1.29, 1.82) is 0 Å². The molecule has 158 valence electrons. The molecule has 3 heterocycles. The van der Waals surface area contributed by atoms with Crippen molar-refractivity contribution in [1.82, 2.24) is 14.9 Å². The van der Waals surface area contributed by atoms with Crippen LogP contribution in [0.25, 0.3) is 11.0 Å². The van der Waals surface area contributed by atoms with Gasteiger partial charge in [0.1, 0.15) is 5.82 Å². The van der Waals surface area contributed by atoms with Crippen LogP contribution in [-0.4, -0.2) is 47.1 Å². The number of ether oxygens (including phenoxy) is 1. The summed E-state index contributed by atoms with van der Waals surface area (Å²) in [5, 5.41) is 3.08. The van der Waals surface area contributed by atoms with Crippen LogP contribution in [0.5, 0.6) is 0 Å². The number of benzene rings is 1. The van der Waals surface area contributed by atoms with Crippen molar-refractivity contribution in [3.8, 4) is 0 Å². The summed E-state index contributed by atoms with van der Waals surface area (Å²) in [5.41, 5.74) is 4.06. The Hall–Kier alpha value is -2.22. The minimum atomic E-state index is -0.0147. The molecule has 1 aliphatic carbocycles. The lowest BCUT2D eigenvalue weighted by Crippen LogP contribution is -2.35. The second-order valence-corrected chi connectivity index (χ2v) is 9.37. The molecule has 0 saturated carbocycles. The van der Waals surface area contributed by atoms with Gasteiger partial charge < -0.3 is 15.0 Å². The van der Waals surface area contributed by atoms with Gasteiger partial charge in [-0.25, -0.2) is 4.98 Å². The molecule has 1 fully saturated rings. The maximum atomic E-state index is 12.9. The SMILES string of the molecule is O=C(Nc1ccc2nc(CN3CCOCC3)[nH]c2c1)c1cc2c(s1)CCCCCC2. The molecule has 0 unspecified atom stereocenters. The van der Waals surface area contributed by atoms with Crippen LogP contribution in [0.2, 0.25) is 0 Å². The quantitative estimate of drug-likeness (QED) is 0.653. The minimum Gasteiger partial charge on any atom is -0.379 e. The van der Waals surface area contributed by atoms with E-state index in [2.05, 4.69) is 21.3 Å². The first-order valence-corrected chi connectivity index (χ1v) is 11.8. The van der Waals surface area contributed by atoms with Crippen LogP contribution in [0.4, 0.5) is 5.69 Å². The number of morpholine rings is 1. The second-order valence-electron chi connectivity index (χ2n) is 8.23. The zero-order valence-corrected chi connectivity index (χ0v) is 18.0. The summed E-state index contributed by atoms with van der Waals surface area (Å²) in [6, 6.07) is 7.99. The third kappa shape index (κ3) is 4.43. The zero-order valence-electron chi connectivity index (χ0n) is 17.2. The lowest BCUT2D eigenvalue weighted by atomic mass is 10.00. The molecule has 0 radical (unpaired) electrons. The first-order chi connectivity index (χ1) is 14.7. The van der Waals surface area contributed by atoms with Gasteiger partial charge in [-0.1, -0.05) is 12.8 Å². The number of hydrogen-bond acceptors (Lipinski definition) is 5. The van der Waals surface area contributed by atoms with Crippen molar-refractivity contribution in [2.45, 2.75) is 45.1 Å². The van der Waals surface area contributed by atoms with Crippen LogP contribution in [0.1, 0.15) is 51.6 Å². The minimum absolute atomic E-state index is 0.0147. The average molecular weight is 425 g/mol. The lowest BCUT2D eigenvalue weighted by Gasteiger charge is -2.25. The topological polar surface area (TPSA) is 70.2 Å². The summed E-state index contributed by atoms with van der Waals surface area (Å²) in [6.07, 6.45) is 7.28. The summed E-state index contributed by atoms with van der Waals surface area (Å²) in [5.74, 6) is 0.938. The Labute approximate surface area is 180 Å². The number of hydrogen-bond donors (Lipinski definition) is 2. The summed E-state index contributed by atoms with van der Waals surface area (Å²) < 4.78 is 5.41. The van der Waals surface area contributed by atoms with Crippen LogP contribution < -0.4 is 5.32 Å². The Morgan fingerprint density at radius 3 is 2.83 bits per heavy atom. The number of H-pyrrole nitrogens is 1. The largest absolute Gasteiger partial charge is 0.379 e. The van der Waals surface area contributed by atoms with Gasteiger partial charge in [-0.05, 0) is 55.5 Å². The molecule has 2 aliphatic rings. The second kappa shape index (κ2) is 8.88. The Balaban J connectivity index is 1.29. The highest BCUT2D eigenvalue weighted by molar-refractivity contribution is 7.14. The van der Waals surface area contributed by atoms with Crippen molar-refractivity contribution in [3.05, 3.63) is 45.4 Å². The average Bonchev–Trinajstić information content (AvgIpc) is 3.31. The molecular formula is C23H28N4O2S. The molecule has 6 nitrogen and oxygen atoms in total. The third-order valence-electron chi connectivity index (χ3n) is 5.99. The van der Waals surface area contributed by atoms with Gasteiger partial charge in [0.05, 0.1) is 35.7 Å². The number of thiophene rings is 1. The van der Waals surface area contributed by atoms with Gasteiger partial charge in [-0.3, -0.25) is 9.69 Å². The zero-order chi connectivity index (χ0) is 20.3. The van der Waals surface area contributed by atoms with Gasteiger partial charge in [-0.15, -0.1) is 11.3 Å². The van der Waals surface area contributed by atoms with E-state index in [0.717, 1.165) is 73.1 Å². The highest BCUT2D eigenvalue weighted by Crippen LogP contribution is 2.29. The standard InChI is InChI=1S/C23H28N4O2S/c28-23(21-13-16-5-3-1-2-4-6-20(16)30-21)24-17-7-8-18-19(14-17)26-22(25-18)15-27-9-11-29-12-10-27/h7-8,13-14H,1-6,9-12,15H2,(H,24,28)(H,25,26). The molecule has 0 atom stereocenters. The highest BCUT2D eigenvalue weighted by atomic mass is 32.1. The van der Waals surface area contributed by atoms with Crippen molar-refractivity contribution < 1.29 is 9.53 Å². The number of aromatic nitrogens is 2. The van der Waals surface area contributed by atoms with Gasteiger partial charge in [0.2, 0.25) is 0 Å². The molecule has 1 aromatic carbocycles. The third-order valence-corrected chi connectivity index (χ3v) is 7.22. The number of carbonyl (C=O) groups is 1. The van der Waals surface area contributed by atoms with Crippen LogP contribution in [-0.2, 0) is 24.1 Å². The summed E-state index contributed by atoms with van der Waals surface area (Å²) in [6.45, 7) is 4.22. The van der Waals surface area contributed by atoms with Crippen LogP contribution in [0.15, 0.2) is 24.3 Å². The molecule has 0 spiro atoms.